The number of carbonyl (C=O) groups is 1. The van der Waals surface area contributed by atoms with Gasteiger partial charge in [-0.3, -0.25) is 4.79 Å². The molecule has 1 amide bonds. The van der Waals surface area contributed by atoms with Gasteiger partial charge in [0.1, 0.15) is 12.4 Å². The first-order valence-electron chi connectivity index (χ1n) is 8.89. The summed E-state index contributed by atoms with van der Waals surface area (Å²) in [7, 11) is 0. The van der Waals surface area contributed by atoms with Crippen molar-refractivity contribution in [2.24, 2.45) is 10.9 Å². The third kappa shape index (κ3) is 6.26. The molecule has 7 heteroatoms. The van der Waals surface area contributed by atoms with Crippen LogP contribution in [0.1, 0.15) is 11.1 Å². The summed E-state index contributed by atoms with van der Waals surface area (Å²) in [4.78, 5) is 16.9. The highest BCUT2D eigenvalue weighted by Crippen LogP contribution is 2.20. The molecule has 0 spiro atoms. The van der Waals surface area contributed by atoms with Crippen LogP contribution in [0.5, 0.6) is 5.75 Å². The number of benzene rings is 3. The number of ether oxygens (including phenoxy) is 1. The lowest BCUT2D eigenvalue weighted by Gasteiger charge is -2.08. The van der Waals surface area contributed by atoms with Crippen molar-refractivity contribution in [2.45, 2.75) is 6.61 Å². The van der Waals surface area contributed by atoms with E-state index < -0.39 is 0 Å². The average Bonchev–Trinajstić information content (AvgIpc) is 2.75. The summed E-state index contributed by atoms with van der Waals surface area (Å²) in [6.07, 6.45) is 0. The SMILES string of the molecule is N/C(=N\OCC(=O)Nc1ccccc1Cl)c1ccc(OCc2ccccc2)cc1. The number of carbonyl (C=O) groups excluding carboxylic acids is 1. The molecule has 0 saturated carbocycles. The predicted molar refractivity (Wildman–Crippen MR) is 114 cm³/mol. The third-order valence-electron chi connectivity index (χ3n) is 3.90. The van der Waals surface area contributed by atoms with Crippen molar-refractivity contribution in [3.8, 4) is 5.75 Å². The fourth-order valence-electron chi connectivity index (χ4n) is 2.42. The molecule has 0 aliphatic carbocycles. The van der Waals surface area contributed by atoms with E-state index >= 15 is 0 Å². The molecule has 0 aliphatic heterocycles. The Labute approximate surface area is 173 Å². The molecule has 0 heterocycles. The van der Waals surface area contributed by atoms with E-state index in [1.807, 2.05) is 30.3 Å². The van der Waals surface area contributed by atoms with Crippen LogP contribution >= 0.6 is 11.6 Å². The largest absolute Gasteiger partial charge is 0.489 e. The Balaban J connectivity index is 1.48. The minimum absolute atomic E-state index is 0.158. The molecule has 0 radical (unpaired) electrons. The second-order valence-electron chi connectivity index (χ2n) is 6.08. The van der Waals surface area contributed by atoms with Crippen molar-refractivity contribution < 1.29 is 14.4 Å². The Bertz CT molecular complexity index is 976. The summed E-state index contributed by atoms with van der Waals surface area (Å²) >= 11 is 5.99. The maximum absolute atomic E-state index is 11.9. The van der Waals surface area contributed by atoms with Crippen molar-refractivity contribution in [2.75, 3.05) is 11.9 Å². The van der Waals surface area contributed by atoms with Crippen LogP contribution in [0.3, 0.4) is 0 Å². The number of hydrogen-bond donors (Lipinski definition) is 2. The Morgan fingerprint density at radius 2 is 1.66 bits per heavy atom. The number of nitrogens with zero attached hydrogens (tertiary/aromatic N) is 1. The van der Waals surface area contributed by atoms with Crippen LogP contribution in [-0.4, -0.2) is 18.3 Å². The molecular weight excluding hydrogens is 390 g/mol. The number of halogens is 1. The first-order valence-corrected chi connectivity index (χ1v) is 9.26. The van der Waals surface area contributed by atoms with Gasteiger partial charge < -0.3 is 20.6 Å². The summed E-state index contributed by atoms with van der Waals surface area (Å²) in [6.45, 7) is 0.192. The Morgan fingerprint density at radius 1 is 0.966 bits per heavy atom. The summed E-state index contributed by atoms with van der Waals surface area (Å²) in [5, 5.41) is 6.86. The maximum atomic E-state index is 11.9. The van der Waals surface area contributed by atoms with Gasteiger partial charge >= 0.3 is 0 Å². The average molecular weight is 410 g/mol. The summed E-state index contributed by atoms with van der Waals surface area (Å²) in [5.74, 6) is 0.481. The highest BCUT2D eigenvalue weighted by molar-refractivity contribution is 6.33. The molecule has 0 fully saturated rings. The van der Waals surface area contributed by atoms with Crippen LogP contribution in [0.15, 0.2) is 84.0 Å². The number of para-hydroxylation sites is 1. The number of amidine groups is 1. The fourth-order valence-corrected chi connectivity index (χ4v) is 2.61. The topological polar surface area (TPSA) is 85.9 Å². The molecule has 0 unspecified atom stereocenters. The number of anilines is 1. The van der Waals surface area contributed by atoms with Crippen molar-refractivity contribution >= 4 is 29.0 Å². The van der Waals surface area contributed by atoms with Gasteiger partial charge in [0, 0.05) is 5.56 Å². The third-order valence-corrected chi connectivity index (χ3v) is 4.23. The zero-order chi connectivity index (χ0) is 20.5. The maximum Gasteiger partial charge on any atom is 0.265 e. The van der Waals surface area contributed by atoms with Gasteiger partial charge in [-0.25, -0.2) is 0 Å². The molecule has 3 rings (SSSR count). The van der Waals surface area contributed by atoms with Crippen molar-refractivity contribution in [1.82, 2.24) is 0 Å². The first kappa shape index (κ1) is 20.2. The molecule has 148 valence electrons. The van der Waals surface area contributed by atoms with E-state index in [0.717, 1.165) is 5.56 Å². The minimum Gasteiger partial charge on any atom is -0.489 e. The molecule has 0 saturated heterocycles. The van der Waals surface area contributed by atoms with Crippen LogP contribution in [-0.2, 0) is 16.2 Å². The lowest BCUT2D eigenvalue weighted by molar-refractivity contribution is -0.120. The molecule has 0 bridgehead atoms. The van der Waals surface area contributed by atoms with Gasteiger partial charge in [0.25, 0.3) is 5.91 Å². The van der Waals surface area contributed by atoms with E-state index in [-0.39, 0.29) is 18.3 Å². The van der Waals surface area contributed by atoms with E-state index in [9.17, 15) is 4.79 Å². The molecule has 3 aromatic carbocycles. The molecule has 29 heavy (non-hydrogen) atoms. The standard InChI is InChI=1S/C22H20ClN3O3/c23-19-8-4-5-9-20(19)25-21(27)15-29-26-22(24)17-10-12-18(13-11-17)28-14-16-6-2-1-3-7-16/h1-13H,14-15H2,(H2,24,26)(H,25,27). The lowest BCUT2D eigenvalue weighted by atomic mass is 10.2. The molecule has 0 aliphatic rings. The Hall–Kier alpha value is -3.51. The number of oxime groups is 1. The lowest BCUT2D eigenvalue weighted by Crippen LogP contribution is -2.19. The second-order valence-corrected chi connectivity index (χ2v) is 6.48. The summed E-state index contributed by atoms with van der Waals surface area (Å²) in [6, 6.07) is 23.9. The number of hydrogen-bond acceptors (Lipinski definition) is 4. The van der Waals surface area contributed by atoms with E-state index in [1.54, 1.807) is 48.5 Å². The van der Waals surface area contributed by atoms with Crippen LogP contribution in [0, 0.1) is 0 Å². The van der Waals surface area contributed by atoms with Crippen LogP contribution in [0.2, 0.25) is 5.02 Å². The molecule has 0 atom stereocenters. The minimum atomic E-state index is -0.390. The molecule has 6 nitrogen and oxygen atoms in total. The quantitative estimate of drug-likeness (QED) is 0.332. The van der Waals surface area contributed by atoms with Gasteiger partial charge in [0.05, 0.1) is 10.7 Å². The Kier molecular flexibility index (Phi) is 7.08. The number of nitrogens with two attached hydrogens (primary N) is 1. The summed E-state index contributed by atoms with van der Waals surface area (Å²) in [5.41, 5.74) is 8.15. The van der Waals surface area contributed by atoms with Crippen molar-refractivity contribution in [3.63, 3.8) is 0 Å². The second kappa shape index (κ2) is 10.1. The molecule has 3 aromatic rings. The predicted octanol–water partition coefficient (Wildman–Crippen LogP) is 4.19. The van der Waals surface area contributed by atoms with Crippen LogP contribution in [0.4, 0.5) is 5.69 Å². The number of rotatable bonds is 8. The van der Waals surface area contributed by atoms with E-state index in [0.29, 0.717) is 28.6 Å². The fraction of sp³-hybridized carbons (Fsp3) is 0.0909. The van der Waals surface area contributed by atoms with Gasteiger partial charge in [0.15, 0.2) is 12.4 Å². The van der Waals surface area contributed by atoms with Crippen molar-refractivity contribution in [3.05, 3.63) is 95.0 Å². The van der Waals surface area contributed by atoms with Crippen LogP contribution in [0.25, 0.3) is 0 Å². The Morgan fingerprint density at radius 3 is 2.38 bits per heavy atom. The van der Waals surface area contributed by atoms with Gasteiger partial charge in [-0.1, -0.05) is 59.2 Å². The van der Waals surface area contributed by atoms with E-state index in [1.165, 1.54) is 0 Å². The molecular formula is C22H20ClN3O3. The highest BCUT2D eigenvalue weighted by atomic mass is 35.5. The van der Waals surface area contributed by atoms with Gasteiger partial charge in [0.2, 0.25) is 0 Å². The normalized spacial score (nSPS) is 11.0. The smallest absolute Gasteiger partial charge is 0.265 e. The zero-order valence-electron chi connectivity index (χ0n) is 15.5. The van der Waals surface area contributed by atoms with E-state index in [2.05, 4.69) is 10.5 Å². The zero-order valence-corrected chi connectivity index (χ0v) is 16.3. The highest BCUT2D eigenvalue weighted by Gasteiger charge is 2.06. The monoisotopic (exact) mass is 409 g/mol. The van der Waals surface area contributed by atoms with Crippen molar-refractivity contribution in [1.29, 1.82) is 0 Å². The van der Waals surface area contributed by atoms with Gasteiger partial charge in [-0.2, -0.15) is 0 Å². The van der Waals surface area contributed by atoms with Gasteiger partial charge in [-0.05, 0) is 42.0 Å². The van der Waals surface area contributed by atoms with E-state index in [4.69, 9.17) is 26.9 Å². The molecule has 3 N–H and O–H groups in total. The summed E-state index contributed by atoms with van der Waals surface area (Å²) < 4.78 is 5.73. The van der Waals surface area contributed by atoms with Crippen LogP contribution < -0.4 is 15.8 Å². The first-order chi connectivity index (χ1) is 14.1. The number of amides is 1. The van der Waals surface area contributed by atoms with Gasteiger partial charge in [-0.15, -0.1) is 0 Å². The molecule has 0 aromatic heterocycles. The number of nitrogens with one attached hydrogen (secondary N) is 1.